The summed E-state index contributed by atoms with van der Waals surface area (Å²) in [5.74, 6) is 1.91. The Morgan fingerprint density at radius 2 is 0.974 bits per heavy atom. The predicted molar refractivity (Wildman–Crippen MR) is 157 cm³/mol. The van der Waals surface area contributed by atoms with Crippen molar-refractivity contribution in [2.75, 3.05) is 0 Å². The summed E-state index contributed by atoms with van der Waals surface area (Å²) in [4.78, 5) is 14.5. The monoisotopic (exact) mass is 553 g/mol. The molecule has 0 aliphatic carbocycles. The third kappa shape index (κ3) is 4.07. The normalized spacial score (nSPS) is 11.3. The fourth-order valence-electron chi connectivity index (χ4n) is 4.72. The molecule has 4 nitrogen and oxygen atoms in total. The first-order valence-corrected chi connectivity index (χ1v) is 13.1. The first-order chi connectivity index (χ1) is 18.7. The van der Waals surface area contributed by atoms with Crippen molar-refractivity contribution in [1.82, 2.24) is 15.0 Å². The lowest BCUT2D eigenvalue weighted by Gasteiger charge is -2.09. The molecule has 0 atom stereocenters. The molecule has 7 aromatic rings. The van der Waals surface area contributed by atoms with Crippen molar-refractivity contribution in [1.29, 1.82) is 0 Å². The summed E-state index contributed by atoms with van der Waals surface area (Å²) in [6.45, 7) is 0. The highest BCUT2D eigenvalue weighted by atomic mass is 79.9. The van der Waals surface area contributed by atoms with Crippen LogP contribution in [-0.4, -0.2) is 15.0 Å². The van der Waals surface area contributed by atoms with Gasteiger partial charge in [0.05, 0.1) is 0 Å². The first-order valence-electron chi connectivity index (χ1n) is 12.3. The lowest BCUT2D eigenvalue weighted by molar-refractivity contribution is 0.670. The van der Waals surface area contributed by atoms with E-state index in [1.165, 1.54) is 0 Å². The maximum absolute atomic E-state index is 6.25. The Balaban J connectivity index is 1.33. The van der Waals surface area contributed by atoms with E-state index in [-0.39, 0.29) is 0 Å². The van der Waals surface area contributed by atoms with Crippen LogP contribution in [0.4, 0.5) is 0 Å². The number of fused-ring (bicyclic) bond motifs is 3. The summed E-state index contributed by atoms with van der Waals surface area (Å²) in [6, 6.07) is 40.8. The van der Waals surface area contributed by atoms with E-state index in [0.29, 0.717) is 17.5 Å². The Bertz CT molecular complexity index is 1910. The van der Waals surface area contributed by atoms with Crippen LogP contribution in [0, 0.1) is 0 Å². The number of halogens is 1. The van der Waals surface area contributed by atoms with Gasteiger partial charge in [-0.3, -0.25) is 0 Å². The van der Waals surface area contributed by atoms with Crippen LogP contribution in [-0.2, 0) is 0 Å². The number of rotatable bonds is 4. The lowest BCUT2D eigenvalue weighted by atomic mass is 10.0. The van der Waals surface area contributed by atoms with Crippen LogP contribution in [0.1, 0.15) is 0 Å². The van der Waals surface area contributed by atoms with Crippen molar-refractivity contribution in [3.63, 3.8) is 0 Å². The van der Waals surface area contributed by atoms with E-state index in [0.717, 1.165) is 54.2 Å². The molecule has 5 aromatic carbocycles. The summed E-state index contributed by atoms with van der Waals surface area (Å²) in [7, 11) is 0. The van der Waals surface area contributed by atoms with Crippen LogP contribution in [0.5, 0.6) is 0 Å². The van der Waals surface area contributed by atoms with Crippen molar-refractivity contribution in [3.8, 4) is 45.3 Å². The summed E-state index contributed by atoms with van der Waals surface area (Å²) < 4.78 is 7.26. The fourth-order valence-corrected chi connectivity index (χ4v) is 4.99. The smallest absolute Gasteiger partial charge is 0.164 e. The van der Waals surface area contributed by atoms with Crippen LogP contribution in [0.2, 0.25) is 0 Å². The van der Waals surface area contributed by atoms with Crippen LogP contribution in [0.3, 0.4) is 0 Å². The van der Waals surface area contributed by atoms with Crippen LogP contribution >= 0.6 is 15.9 Å². The minimum absolute atomic E-state index is 0.630. The number of nitrogens with zero attached hydrogens (tertiary/aromatic N) is 3. The molecule has 0 fully saturated rings. The third-order valence-corrected chi connectivity index (χ3v) is 7.16. The molecule has 0 radical (unpaired) electrons. The average molecular weight is 554 g/mol. The molecule has 0 unspecified atom stereocenters. The Labute approximate surface area is 227 Å². The Hall–Kier alpha value is -4.61. The molecule has 5 heteroatoms. The first kappa shape index (κ1) is 22.6. The minimum atomic E-state index is 0.630. The highest BCUT2D eigenvalue weighted by Gasteiger charge is 2.14. The van der Waals surface area contributed by atoms with Crippen molar-refractivity contribution in [2.45, 2.75) is 0 Å². The molecule has 2 heterocycles. The van der Waals surface area contributed by atoms with Crippen molar-refractivity contribution >= 4 is 37.9 Å². The number of para-hydroxylation sites is 2. The molecule has 0 aliphatic rings. The lowest BCUT2D eigenvalue weighted by Crippen LogP contribution is -2.00. The Kier molecular flexibility index (Phi) is 5.56. The van der Waals surface area contributed by atoms with Gasteiger partial charge in [-0.05, 0) is 23.8 Å². The molecule has 0 bridgehead atoms. The maximum atomic E-state index is 6.25. The van der Waals surface area contributed by atoms with Gasteiger partial charge in [-0.2, -0.15) is 0 Å². The van der Waals surface area contributed by atoms with Gasteiger partial charge in [0.2, 0.25) is 0 Å². The summed E-state index contributed by atoms with van der Waals surface area (Å²) in [6.07, 6.45) is 0. The van der Waals surface area contributed by atoms with E-state index in [4.69, 9.17) is 19.4 Å². The van der Waals surface area contributed by atoms with Gasteiger partial charge >= 0.3 is 0 Å². The average Bonchev–Trinajstić information content (AvgIpc) is 3.37. The predicted octanol–water partition coefficient (Wildman–Crippen LogP) is 9.20. The van der Waals surface area contributed by atoms with Gasteiger partial charge in [-0.1, -0.05) is 119 Å². The molecular formula is C33H20BrN3O. The van der Waals surface area contributed by atoms with Gasteiger partial charge < -0.3 is 4.42 Å². The zero-order valence-corrected chi connectivity index (χ0v) is 21.8. The van der Waals surface area contributed by atoms with E-state index in [2.05, 4.69) is 64.5 Å². The zero-order chi connectivity index (χ0) is 25.5. The molecule has 2 aromatic heterocycles. The summed E-state index contributed by atoms with van der Waals surface area (Å²) in [5, 5.41) is 2.24. The molecule has 7 rings (SSSR count). The van der Waals surface area contributed by atoms with E-state index >= 15 is 0 Å². The minimum Gasteiger partial charge on any atom is -0.455 e. The van der Waals surface area contributed by atoms with E-state index in [1.807, 2.05) is 72.8 Å². The highest BCUT2D eigenvalue weighted by molar-refractivity contribution is 9.10. The molecule has 0 N–H and O–H groups in total. The third-order valence-electron chi connectivity index (χ3n) is 6.63. The number of hydrogen-bond acceptors (Lipinski definition) is 4. The molecule has 0 spiro atoms. The van der Waals surface area contributed by atoms with Gasteiger partial charge in [0, 0.05) is 37.5 Å². The molecule has 0 amide bonds. The zero-order valence-electron chi connectivity index (χ0n) is 20.2. The Morgan fingerprint density at radius 1 is 0.447 bits per heavy atom. The fraction of sp³-hybridized carbons (Fsp3) is 0. The molecule has 0 saturated heterocycles. The van der Waals surface area contributed by atoms with Gasteiger partial charge in [0.25, 0.3) is 0 Å². The number of aromatic nitrogens is 3. The standard InChI is InChI=1S/C33H20BrN3O/c34-25-19-17-24(18-20-25)33-36-31(22-7-2-1-3-8-22)35-32(37-33)23-15-13-21(14-16-23)26-10-6-11-28-27-9-4-5-12-29(27)38-30(26)28/h1-20H. The van der Waals surface area contributed by atoms with Gasteiger partial charge in [0.1, 0.15) is 11.2 Å². The van der Waals surface area contributed by atoms with Crippen LogP contribution < -0.4 is 0 Å². The van der Waals surface area contributed by atoms with Gasteiger partial charge in [-0.25, -0.2) is 15.0 Å². The van der Waals surface area contributed by atoms with E-state index in [9.17, 15) is 0 Å². The van der Waals surface area contributed by atoms with E-state index < -0.39 is 0 Å². The van der Waals surface area contributed by atoms with Crippen molar-refractivity contribution < 1.29 is 4.42 Å². The van der Waals surface area contributed by atoms with Crippen LogP contribution in [0.15, 0.2) is 130 Å². The largest absolute Gasteiger partial charge is 0.455 e. The number of furan rings is 1. The van der Waals surface area contributed by atoms with Crippen molar-refractivity contribution in [3.05, 3.63) is 126 Å². The Morgan fingerprint density at radius 3 is 1.66 bits per heavy atom. The van der Waals surface area contributed by atoms with Crippen molar-refractivity contribution in [2.24, 2.45) is 0 Å². The number of hydrogen-bond donors (Lipinski definition) is 0. The second-order valence-corrected chi connectivity index (χ2v) is 9.95. The second-order valence-electron chi connectivity index (χ2n) is 9.04. The molecular weight excluding hydrogens is 534 g/mol. The SMILES string of the molecule is Brc1ccc(-c2nc(-c3ccccc3)nc(-c3ccc(-c4cccc5c4oc4ccccc45)cc3)n2)cc1. The molecule has 0 aliphatic heterocycles. The summed E-state index contributed by atoms with van der Waals surface area (Å²) in [5.41, 5.74) is 6.72. The second kappa shape index (κ2) is 9.36. The molecule has 0 saturated carbocycles. The van der Waals surface area contributed by atoms with Crippen LogP contribution in [0.25, 0.3) is 67.2 Å². The quantitative estimate of drug-likeness (QED) is 0.218. The highest BCUT2D eigenvalue weighted by Crippen LogP contribution is 2.36. The van der Waals surface area contributed by atoms with E-state index in [1.54, 1.807) is 0 Å². The maximum Gasteiger partial charge on any atom is 0.164 e. The molecule has 180 valence electrons. The molecule has 38 heavy (non-hydrogen) atoms. The summed E-state index contributed by atoms with van der Waals surface area (Å²) >= 11 is 3.51. The van der Waals surface area contributed by atoms with Gasteiger partial charge in [-0.15, -0.1) is 0 Å². The topological polar surface area (TPSA) is 51.8 Å². The number of benzene rings is 5. The van der Waals surface area contributed by atoms with Gasteiger partial charge in [0.15, 0.2) is 17.5 Å².